The fourth-order valence-electron chi connectivity index (χ4n) is 1.50. The standard InChI is InChI=1S/C12H9ClFIN2O2S/c13-7-1-4-11(10(15)5-7)17-20(18,19)12-6-8(16)2-3-9(12)14/h1-6,17H,16H2. The van der Waals surface area contributed by atoms with E-state index >= 15 is 0 Å². The van der Waals surface area contributed by atoms with Gasteiger partial charge in [-0.25, -0.2) is 12.8 Å². The average molecular weight is 427 g/mol. The lowest BCUT2D eigenvalue weighted by atomic mass is 10.3. The third-order valence-corrected chi connectivity index (χ3v) is 4.93. The summed E-state index contributed by atoms with van der Waals surface area (Å²) < 4.78 is 40.9. The van der Waals surface area contributed by atoms with Gasteiger partial charge in [0.2, 0.25) is 0 Å². The zero-order valence-corrected chi connectivity index (χ0v) is 13.6. The van der Waals surface area contributed by atoms with Crippen LogP contribution in [0.3, 0.4) is 0 Å². The second-order valence-electron chi connectivity index (χ2n) is 3.92. The molecule has 0 amide bonds. The highest BCUT2D eigenvalue weighted by atomic mass is 127. The topological polar surface area (TPSA) is 72.2 Å². The predicted molar refractivity (Wildman–Crippen MR) is 85.8 cm³/mol. The van der Waals surface area contributed by atoms with Crippen molar-refractivity contribution in [2.75, 3.05) is 10.5 Å². The van der Waals surface area contributed by atoms with Crippen LogP contribution in [-0.2, 0) is 10.0 Å². The minimum absolute atomic E-state index is 0.164. The summed E-state index contributed by atoms with van der Waals surface area (Å²) in [5, 5.41) is 0.479. The van der Waals surface area contributed by atoms with E-state index in [9.17, 15) is 12.8 Å². The number of sulfonamides is 1. The van der Waals surface area contributed by atoms with Crippen LogP contribution in [0.15, 0.2) is 41.3 Å². The van der Waals surface area contributed by atoms with Crippen LogP contribution in [0.4, 0.5) is 15.8 Å². The molecule has 20 heavy (non-hydrogen) atoms. The van der Waals surface area contributed by atoms with Crippen LogP contribution in [0.5, 0.6) is 0 Å². The summed E-state index contributed by atoms with van der Waals surface area (Å²) in [5.41, 5.74) is 5.97. The molecule has 0 atom stereocenters. The van der Waals surface area contributed by atoms with Gasteiger partial charge in [-0.1, -0.05) is 11.6 Å². The summed E-state index contributed by atoms with van der Waals surface area (Å²) >= 11 is 7.72. The Balaban J connectivity index is 2.43. The minimum Gasteiger partial charge on any atom is -0.399 e. The van der Waals surface area contributed by atoms with E-state index in [0.717, 1.165) is 12.1 Å². The molecule has 2 rings (SSSR count). The van der Waals surface area contributed by atoms with E-state index in [2.05, 4.69) is 4.72 Å². The Bertz CT molecular complexity index is 768. The van der Waals surface area contributed by atoms with Gasteiger partial charge in [0, 0.05) is 14.3 Å². The second-order valence-corrected chi connectivity index (χ2v) is 7.17. The van der Waals surface area contributed by atoms with Crippen molar-refractivity contribution in [3.8, 4) is 0 Å². The SMILES string of the molecule is Nc1ccc(F)c(S(=O)(=O)Nc2ccc(Cl)cc2I)c1. The molecule has 0 radical (unpaired) electrons. The second kappa shape index (κ2) is 5.74. The van der Waals surface area contributed by atoms with Gasteiger partial charge >= 0.3 is 0 Å². The van der Waals surface area contributed by atoms with Crippen molar-refractivity contribution in [2.45, 2.75) is 4.90 Å². The smallest absolute Gasteiger partial charge is 0.264 e. The summed E-state index contributed by atoms with van der Waals surface area (Å²) in [7, 11) is -4.05. The highest BCUT2D eigenvalue weighted by Crippen LogP contribution is 2.26. The van der Waals surface area contributed by atoms with Crippen LogP contribution in [-0.4, -0.2) is 8.42 Å². The first kappa shape index (κ1) is 15.3. The zero-order chi connectivity index (χ0) is 14.9. The fourth-order valence-corrected chi connectivity index (χ4v) is 3.88. The van der Waals surface area contributed by atoms with Crippen molar-refractivity contribution in [3.05, 3.63) is 50.8 Å². The zero-order valence-electron chi connectivity index (χ0n) is 9.90. The number of anilines is 2. The Morgan fingerprint density at radius 1 is 1.20 bits per heavy atom. The third kappa shape index (κ3) is 3.33. The first-order chi connectivity index (χ1) is 9.29. The maximum Gasteiger partial charge on any atom is 0.264 e. The number of rotatable bonds is 3. The van der Waals surface area contributed by atoms with E-state index in [0.29, 0.717) is 14.3 Å². The molecule has 0 spiro atoms. The molecule has 0 saturated carbocycles. The maximum atomic E-state index is 13.6. The normalized spacial score (nSPS) is 11.3. The van der Waals surface area contributed by atoms with Crippen LogP contribution in [0.25, 0.3) is 0 Å². The summed E-state index contributed by atoms with van der Waals surface area (Å²) in [6.45, 7) is 0. The molecular formula is C12H9ClFIN2O2S. The van der Waals surface area contributed by atoms with E-state index < -0.39 is 20.7 Å². The molecule has 2 aromatic carbocycles. The van der Waals surface area contributed by atoms with Crippen molar-refractivity contribution >= 4 is 55.6 Å². The maximum absolute atomic E-state index is 13.6. The summed E-state index contributed by atoms with van der Waals surface area (Å²) in [6, 6.07) is 8.01. The lowest BCUT2D eigenvalue weighted by Crippen LogP contribution is -2.15. The molecule has 0 aliphatic carbocycles. The van der Waals surface area contributed by atoms with Crippen LogP contribution in [0, 0.1) is 9.39 Å². The van der Waals surface area contributed by atoms with Gasteiger partial charge in [0.25, 0.3) is 10.0 Å². The van der Waals surface area contributed by atoms with Crippen molar-refractivity contribution < 1.29 is 12.8 Å². The summed E-state index contributed by atoms with van der Waals surface area (Å²) in [6.07, 6.45) is 0. The number of benzene rings is 2. The highest BCUT2D eigenvalue weighted by molar-refractivity contribution is 14.1. The van der Waals surface area contributed by atoms with Gasteiger partial charge in [-0.2, -0.15) is 0 Å². The highest BCUT2D eigenvalue weighted by Gasteiger charge is 2.20. The average Bonchev–Trinajstić information content (AvgIpc) is 2.35. The largest absolute Gasteiger partial charge is 0.399 e. The van der Waals surface area contributed by atoms with Crippen molar-refractivity contribution in [1.29, 1.82) is 0 Å². The number of nitrogens with one attached hydrogen (secondary N) is 1. The molecular weight excluding hydrogens is 418 g/mol. The van der Waals surface area contributed by atoms with Gasteiger partial charge in [0.1, 0.15) is 10.7 Å². The lowest BCUT2D eigenvalue weighted by molar-refractivity contribution is 0.570. The quantitative estimate of drug-likeness (QED) is 0.583. The van der Waals surface area contributed by atoms with Crippen LogP contribution < -0.4 is 10.5 Å². The summed E-state index contributed by atoms with van der Waals surface area (Å²) in [5.74, 6) is -0.865. The molecule has 3 N–H and O–H groups in total. The Labute approximate surface area is 134 Å². The Kier molecular flexibility index (Phi) is 4.40. The van der Waals surface area contributed by atoms with Crippen LogP contribution >= 0.6 is 34.2 Å². The number of halogens is 3. The Morgan fingerprint density at radius 3 is 2.55 bits per heavy atom. The molecule has 0 fully saturated rings. The van der Waals surface area contributed by atoms with E-state index in [-0.39, 0.29) is 5.69 Å². The van der Waals surface area contributed by atoms with Gasteiger partial charge in [-0.05, 0) is 59.0 Å². The Hall–Kier alpha value is -1.06. The fraction of sp³-hybridized carbons (Fsp3) is 0. The molecule has 106 valence electrons. The monoisotopic (exact) mass is 426 g/mol. The number of nitrogens with two attached hydrogens (primary N) is 1. The molecule has 0 unspecified atom stereocenters. The Morgan fingerprint density at radius 2 is 1.90 bits per heavy atom. The third-order valence-electron chi connectivity index (χ3n) is 2.42. The molecule has 0 heterocycles. The van der Waals surface area contributed by atoms with E-state index in [1.54, 1.807) is 6.07 Å². The number of nitrogen functional groups attached to an aromatic ring is 1. The van der Waals surface area contributed by atoms with Gasteiger partial charge in [-0.3, -0.25) is 4.72 Å². The molecule has 4 nitrogen and oxygen atoms in total. The van der Waals surface area contributed by atoms with Gasteiger partial charge in [-0.15, -0.1) is 0 Å². The molecule has 0 bridgehead atoms. The van der Waals surface area contributed by atoms with Crippen LogP contribution in [0.1, 0.15) is 0 Å². The molecule has 0 aromatic heterocycles. The van der Waals surface area contributed by atoms with Crippen LogP contribution in [0.2, 0.25) is 5.02 Å². The first-order valence-electron chi connectivity index (χ1n) is 5.32. The van der Waals surface area contributed by atoms with E-state index in [4.69, 9.17) is 17.3 Å². The van der Waals surface area contributed by atoms with Crippen molar-refractivity contribution in [3.63, 3.8) is 0 Å². The molecule has 8 heteroatoms. The van der Waals surface area contributed by atoms with Crippen molar-refractivity contribution in [2.24, 2.45) is 0 Å². The molecule has 0 saturated heterocycles. The summed E-state index contributed by atoms with van der Waals surface area (Å²) in [4.78, 5) is -0.497. The van der Waals surface area contributed by atoms with E-state index in [1.165, 1.54) is 18.2 Å². The molecule has 2 aromatic rings. The van der Waals surface area contributed by atoms with Gasteiger partial charge in [0.05, 0.1) is 5.69 Å². The molecule has 0 aliphatic heterocycles. The first-order valence-corrected chi connectivity index (χ1v) is 8.26. The lowest BCUT2D eigenvalue weighted by Gasteiger charge is -2.11. The minimum atomic E-state index is -4.05. The molecule has 0 aliphatic rings. The number of hydrogen-bond donors (Lipinski definition) is 2. The van der Waals surface area contributed by atoms with Crippen molar-refractivity contribution in [1.82, 2.24) is 0 Å². The van der Waals surface area contributed by atoms with Gasteiger partial charge < -0.3 is 5.73 Å². The van der Waals surface area contributed by atoms with Gasteiger partial charge in [0.15, 0.2) is 0 Å². The van der Waals surface area contributed by atoms with E-state index in [1.807, 2.05) is 22.6 Å². The predicted octanol–water partition coefficient (Wildman–Crippen LogP) is 3.47. The number of hydrogen-bond acceptors (Lipinski definition) is 3.